The molecule has 0 radical (unpaired) electrons. The van der Waals surface area contributed by atoms with Gasteiger partial charge in [0.15, 0.2) is 11.5 Å². The highest BCUT2D eigenvalue weighted by atomic mass is 19.3. The molecule has 0 N–H and O–H groups in total. The number of carbonyl (C=O) groups is 1. The molecule has 0 saturated heterocycles. The van der Waals surface area contributed by atoms with Crippen molar-refractivity contribution >= 4 is 17.3 Å². The number of alkyl halides is 4. The van der Waals surface area contributed by atoms with E-state index in [0.717, 1.165) is 26.2 Å². The normalized spacial score (nSPS) is 27.6. The van der Waals surface area contributed by atoms with Crippen molar-refractivity contribution in [2.75, 3.05) is 11.4 Å². The van der Waals surface area contributed by atoms with E-state index >= 15 is 0 Å². The Morgan fingerprint density at radius 3 is 2.35 bits per heavy atom. The Labute approximate surface area is 213 Å². The van der Waals surface area contributed by atoms with Gasteiger partial charge in [0.05, 0.1) is 6.57 Å². The zero-order valence-electron chi connectivity index (χ0n) is 20.8. The lowest BCUT2D eigenvalue weighted by atomic mass is 9.53. The standard InChI is InChI=1S/C27H30F4N4O2/c1-24(28,29)23-33-22(34-37-23)26-13-10-25(11-14-26,12-15-26)17-35(20-5-3-4-19(16-20)32-2)21(36)18-6-8-27(30,31)9-7-18/h3-5,16,18H,6-15,17H2,1H3. The lowest BCUT2D eigenvalue weighted by Gasteiger charge is -2.53. The molecule has 4 aliphatic carbocycles. The lowest BCUT2D eigenvalue weighted by Crippen LogP contribution is -2.52. The molecule has 10 heteroatoms. The number of hydrogen-bond donors (Lipinski definition) is 0. The third kappa shape index (κ3) is 4.97. The SMILES string of the molecule is [C-]#[N+]c1cccc(N(CC23CCC(c4noc(C(C)(F)F)n4)(CC2)CC3)C(=O)C2CCC(F)(F)CC2)c1. The van der Waals surface area contributed by atoms with E-state index in [4.69, 9.17) is 11.1 Å². The molecule has 4 aliphatic rings. The molecule has 1 heterocycles. The maximum absolute atomic E-state index is 13.8. The van der Waals surface area contributed by atoms with Gasteiger partial charge in [-0.3, -0.25) is 4.79 Å². The highest BCUT2D eigenvalue weighted by Gasteiger charge is 2.53. The smallest absolute Gasteiger partial charge is 0.322 e. The van der Waals surface area contributed by atoms with Crippen molar-refractivity contribution in [3.8, 4) is 0 Å². The van der Waals surface area contributed by atoms with Crippen molar-refractivity contribution in [3.05, 3.63) is 47.4 Å². The third-order valence-electron chi connectivity index (χ3n) is 8.77. The zero-order valence-corrected chi connectivity index (χ0v) is 20.8. The summed E-state index contributed by atoms with van der Waals surface area (Å²) in [7, 11) is 0. The molecule has 0 aliphatic heterocycles. The summed E-state index contributed by atoms with van der Waals surface area (Å²) in [5, 5.41) is 3.91. The minimum atomic E-state index is -3.20. The van der Waals surface area contributed by atoms with Gasteiger partial charge < -0.3 is 9.42 Å². The second-order valence-electron chi connectivity index (χ2n) is 11.3. The zero-order chi connectivity index (χ0) is 26.5. The van der Waals surface area contributed by atoms with Crippen molar-refractivity contribution < 1.29 is 26.9 Å². The average Bonchev–Trinajstić information content (AvgIpc) is 3.40. The molecule has 0 unspecified atom stereocenters. The van der Waals surface area contributed by atoms with E-state index in [1.165, 1.54) is 0 Å². The summed E-state index contributed by atoms with van der Waals surface area (Å²) in [6.45, 7) is 8.54. The van der Waals surface area contributed by atoms with Crippen molar-refractivity contribution in [2.45, 2.75) is 88.4 Å². The first-order valence-electron chi connectivity index (χ1n) is 12.8. The summed E-state index contributed by atoms with van der Waals surface area (Å²) >= 11 is 0. The van der Waals surface area contributed by atoms with Crippen LogP contribution in [0, 0.1) is 17.9 Å². The van der Waals surface area contributed by atoms with Crippen LogP contribution in [0.3, 0.4) is 0 Å². The Kier molecular flexibility index (Phi) is 6.32. The molecule has 2 bridgehead atoms. The fourth-order valence-corrected chi connectivity index (χ4v) is 6.32. The number of nitrogens with zero attached hydrogens (tertiary/aromatic N) is 4. The van der Waals surface area contributed by atoms with Gasteiger partial charge in [0, 0.05) is 43.3 Å². The van der Waals surface area contributed by atoms with Crippen LogP contribution >= 0.6 is 0 Å². The number of benzene rings is 1. The van der Waals surface area contributed by atoms with Crippen LogP contribution in [0.5, 0.6) is 0 Å². The topological polar surface area (TPSA) is 63.6 Å². The van der Waals surface area contributed by atoms with Crippen molar-refractivity contribution in [1.82, 2.24) is 10.1 Å². The molecule has 6 rings (SSSR count). The van der Waals surface area contributed by atoms with E-state index < -0.39 is 29.1 Å². The van der Waals surface area contributed by atoms with Crippen molar-refractivity contribution in [2.24, 2.45) is 11.3 Å². The van der Waals surface area contributed by atoms with E-state index in [-0.39, 0.29) is 37.0 Å². The van der Waals surface area contributed by atoms with Crippen molar-refractivity contribution in [3.63, 3.8) is 0 Å². The van der Waals surface area contributed by atoms with Gasteiger partial charge in [-0.05, 0) is 68.9 Å². The maximum Gasteiger partial charge on any atom is 0.322 e. The summed E-state index contributed by atoms with van der Waals surface area (Å²) < 4.78 is 59.8. The molecule has 6 nitrogen and oxygen atoms in total. The average molecular weight is 519 g/mol. The molecule has 0 spiro atoms. The van der Waals surface area contributed by atoms with E-state index in [2.05, 4.69) is 15.0 Å². The van der Waals surface area contributed by atoms with E-state index in [0.29, 0.717) is 43.0 Å². The Bertz CT molecular complexity index is 1180. The van der Waals surface area contributed by atoms with E-state index in [9.17, 15) is 22.4 Å². The Hall–Kier alpha value is -2.96. The fourth-order valence-electron chi connectivity index (χ4n) is 6.32. The number of halogens is 4. The molecule has 4 saturated carbocycles. The number of carbonyl (C=O) groups excluding carboxylic acids is 1. The summed E-state index contributed by atoms with van der Waals surface area (Å²) in [6, 6.07) is 6.88. The molecule has 0 atom stereocenters. The van der Waals surface area contributed by atoms with Gasteiger partial charge in [-0.2, -0.15) is 13.8 Å². The molecule has 37 heavy (non-hydrogen) atoms. The van der Waals surface area contributed by atoms with Gasteiger partial charge in [-0.1, -0.05) is 17.3 Å². The fraction of sp³-hybridized carbons (Fsp3) is 0.630. The first kappa shape index (κ1) is 25.7. The van der Waals surface area contributed by atoms with E-state index in [1.807, 2.05) is 0 Å². The lowest BCUT2D eigenvalue weighted by molar-refractivity contribution is -0.127. The second-order valence-corrected chi connectivity index (χ2v) is 11.3. The minimum Gasteiger partial charge on any atom is -0.333 e. The van der Waals surface area contributed by atoms with Crippen LogP contribution in [0.15, 0.2) is 28.8 Å². The monoisotopic (exact) mass is 518 g/mol. The highest BCUT2D eigenvalue weighted by molar-refractivity contribution is 5.95. The second kappa shape index (κ2) is 9.10. The van der Waals surface area contributed by atoms with Crippen LogP contribution in [0.2, 0.25) is 0 Å². The van der Waals surface area contributed by atoms with Crippen LogP contribution in [0.25, 0.3) is 4.85 Å². The van der Waals surface area contributed by atoms with Gasteiger partial charge in [0.25, 0.3) is 5.89 Å². The number of amides is 1. The third-order valence-corrected chi connectivity index (χ3v) is 8.77. The van der Waals surface area contributed by atoms with Gasteiger partial charge in [-0.15, -0.1) is 0 Å². The maximum atomic E-state index is 13.8. The predicted octanol–water partition coefficient (Wildman–Crippen LogP) is 7.18. The Morgan fingerprint density at radius 1 is 1.14 bits per heavy atom. The summed E-state index contributed by atoms with van der Waals surface area (Å²) in [5.74, 6) is -6.91. The molecule has 4 fully saturated rings. The number of fused-ring (bicyclic) bond motifs is 3. The molecule has 2 aromatic rings. The van der Waals surface area contributed by atoms with Crippen molar-refractivity contribution in [1.29, 1.82) is 0 Å². The van der Waals surface area contributed by atoms with Gasteiger partial charge in [0.1, 0.15) is 0 Å². The van der Waals surface area contributed by atoms with Crippen LogP contribution in [0.1, 0.15) is 82.8 Å². The molecule has 1 aromatic heterocycles. The molecule has 1 amide bonds. The number of anilines is 1. The Balaban J connectivity index is 1.37. The predicted molar refractivity (Wildman–Crippen MR) is 128 cm³/mol. The minimum absolute atomic E-state index is 0.142. The van der Waals surface area contributed by atoms with Gasteiger partial charge in [-0.25, -0.2) is 13.6 Å². The summed E-state index contributed by atoms with van der Waals surface area (Å²) in [6.07, 6.45) is 4.06. The number of hydrogen-bond acceptors (Lipinski definition) is 4. The highest BCUT2D eigenvalue weighted by Crippen LogP contribution is 2.58. The largest absolute Gasteiger partial charge is 0.333 e. The Morgan fingerprint density at radius 2 is 1.78 bits per heavy atom. The summed E-state index contributed by atoms with van der Waals surface area (Å²) in [5.41, 5.74) is 0.420. The van der Waals surface area contributed by atoms with Crippen LogP contribution in [-0.4, -0.2) is 28.5 Å². The van der Waals surface area contributed by atoms with Crippen LogP contribution in [-0.2, 0) is 16.1 Å². The number of aromatic nitrogens is 2. The van der Waals surface area contributed by atoms with Gasteiger partial charge in [0.2, 0.25) is 11.8 Å². The molecule has 1 aromatic carbocycles. The first-order valence-corrected chi connectivity index (χ1v) is 12.8. The number of rotatable bonds is 6. The molecule has 198 valence electrons. The van der Waals surface area contributed by atoms with Crippen LogP contribution in [0.4, 0.5) is 28.9 Å². The quantitative estimate of drug-likeness (QED) is 0.300. The summed E-state index contributed by atoms with van der Waals surface area (Å²) in [4.78, 5) is 23.0. The van der Waals surface area contributed by atoms with Crippen LogP contribution < -0.4 is 4.90 Å². The van der Waals surface area contributed by atoms with Gasteiger partial charge >= 0.3 is 5.92 Å². The van der Waals surface area contributed by atoms with E-state index in [1.54, 1.807) is 29.2 Å². The first-order chi connectivity index (χ1) is 17.4. The molecular weight excluding hydrogens is 488 g/mol. The molecular formula is C27H30F4N4O2.